The molecule has 0 amide bonds. The summed E-state index contributed by atoms with van der Waals surface area (Å²) in [6.45, 7) is -0.803. The summed E-state index contributed by atoms with van der Waals surface area (Å²) in [6.07, 6.45) is 6.93. The van der Waals surface area contributed by atoms with E-state index in [-0.39, 0.29) is 6.54 Å². The van der Waals surface area contributed by atoms with Crippen LogP contribution in [0.3, 0.4) is 0 Å². The lowest BCUT2D eigenvalue weighted by atomic mass is 9.76. The summed E-state index contributed by atoms with van der Waals surface area (Å²) < 4.78 is 37.7. The minimum Gasteiger partial charge on any atom is -0.445 e. The monoisotopic (exact) mass is 246 g/mol. The number of likely N-dealkylation sites (tertiary alicyclic amines) is 1. The van der Waals surface area contributed by atoms with Crippen LogP contribution in [0.15, 0.2) is 12.1 Å². The van der Waals surface area contributed by atoms with Gasteiger partial charge in [-0.2, -0.15) is 0 Å². The summed E-state index contributed by atoms with van der Waals surface area (Å²) in [5, 5.41) is 0. The molecule has 0 bridgehead atoms. The van der Waals surface area contributed by atoms with E-state index in [9.17, 15) is 12.9 Å². The lowest BCUT2D eigenvalue weighted by molar-refractivity contribution is 0.0694. The number of fused-ring (bicyclic) bond motifs is 1. The average Bonchev–Trinajstić information content (AvgIpc) is 2.28. The summed E-state index contributed by atoms with van der Waals surface area (Å²) in [4.78, 5) is 2.03. The molecule has 5 heteroatoms. The van der Waals surface area contributed by atoms with Crippen LogP contribution < -0.4 is 0 Å². The Balaban J connectivity index is 1.97. The highest BCUT2D eigenvalue weighted by molar-refractivity contribution is 6.66. The van der Waals surface area contributed by atoms with Gasteiger partial charge in [-0.1, -0.05) is 12.8 Å². The Bertz CT molecular complexity index is 288. The van der Waals surface area contributed by atoms with Crippen LogP contribution in [0.25, 0.3) is 0 Å². The number of nitrogens with zero attached hydrogens (tertiary/aromatic N) is 1. The van der Waals surface area contributed by atoms with E-state index < -0.39 is 12.4 Å². The van der Waals surface area contributed by atoms with Crippen LogP contribution in [0.1, 0.15) is 38.5 Å². The van der Waals surface area contributed by atoms with Crippen molar-refractivity contribution in [3.05, 3.63) is 12.1 Å². The first-order valence-electron chi connectivity index (χ1n) is 6.60. The van der Waals surface area contributed by atoms with E-state index in [4.69, 9.17) is 0 Å². The molecule has 1 nitrogen and oxygen atoms in total. The number of hydrogen-bond donors (Lipinski definition) is 0. The van der Waals surface area contributed by atoms with Gasteiger partial charge in [-0.05, 0) is 44.7 Å². The van der Waals surface area contributed by atoms with Gasteiger partial charge in [-0.15, -0.1) is 12.1 Å². The molecule has 0 N–H and O–H groups in total. The molecule has 2 unspecified atom stereocenters. The zero-order chi connectivity index (χ0) is 12.5. The van der Waals surface area contributed by atoms with Gasteiger partial charge >= 0.3 is 6.98 Å². The summed E-state index contributed by atoms with van der Waals surface area (Å²) in [5.41, 5.74) is -0.531. The van der Waals surface area contributed by atoms with Gasteiger partial charge < -0.3 is 12.9 Å². The van der Waals surface area contributed by atoms with Crippen molar-refractivity contribution in [2.75, 3.05) is 13.1 Å². The average molecular weight is 246 g/mol. The van der Waals surface area contributed by atoms with Crippen LogP contribution in [0, 0.1) is 5.92 Å². The van der Waals surface area contributed by atoms with E-state index >= 15 is 0 Å². The maximum atomic E-state index is 12.6. The molecule has 1 aliphatic heterocycles. The molecule has 2 rings (SSSR count). The van der Waals surface area contributed by atoms with Gasteiger partial charge in [0.1, 0.15) is 0 Å². The maximum absolute atomic E-state index is 12.6. The van der Waals surface area contributed by atoms with Crippen molar-refractivity contribution in [2.45, 2.75) is 44.6 Å². The Kier molecular flexibility index (Phi) is 3.86. The van der Waals surface area contributed by atoms with E-state index in [1.807, 2.05) is 4.90 Å². The van der Waals surface area contributed by atoms with Crippen molar-refractivity contribution < 1.29 is 12.9 Å². The largest absolute Gasteiger partial charge is 0.506 e. The van der Waals surface area contributed by atoms with Crippen molar-refractivity contribution in [3.8, 4) is 0 Å². The standard InChI is InChI=1S/C12H20BF3N/c1-10(13(14,15)16)9-17-8-4-6-11-5-2-3-7-12(11)17/h11-12H,1-9H2/q-1. The van der Waals surface area contributed by atoms with Crippen LogP contribution in [0.4, 0.5) is 12.9 Å². The topological polar surface area (TPSA) is 3.24 Å². The minimum absolute atomic E-state index is 0.0324. The first kappa shape index (κ1) is 13.0. The van der Waals surface area contributed by atoms with Crippen LogP contribution in [-0.2, 0) is 0 Å². The smallest absolute Gasteiger partial charge is 0.445 e. The first-order chi connectivity index (χ1) is 7.98. The van der Waals surface area contributed by atoms with E-state index in [1.54, 1.807) is 0 Å². The van der Waals surface area contributed by atoms with Gasteiger partial charge in [0.05, 0.1) is 0 Å². The molecule has 0 spiro atoms. The van der Waals surface area contributed by atoms with Crippen molar-refractivity contribution in [3.63, 3.8) is 0 Å². The fourth-order valence-corrected chi connectivity index (χ4v) is 3.29. The summed E-state index contributed by atoms with van der Waals surface area (Å²) in [7, 11) is 0. The second kappa shape index (κ2) is 5.05. The van der Waals surface area contributed by atoms with Crippen LogP contribution in [-0.4, -0.2) is 31.0 Å². The Morgan fingerprint density at radius 2 is 1.76 bits per heavy atom. The number of piperidine rings is 1. The van der Waals surface area contributed by atoms with E-state index in [0.29, 0.717) is 12.0 Å². The molecule has 0 radical (unpaired) electrons. The van der Waals surface area contributed by atoms with Crippen molar-refractivity contribution in [1.82, 2.24) is 4.90 Å². The van der Waals surface area contributed by atoms with Crippen LogP contribution in [0.5, 0.6) is 0 Å². The van der Waals surface area contributed by atoms with Crippen molar-refractivity contribution >= 4 is 6.98 Å². The molecule has 0 aromatic carbocycles. The van der Waals surface area contributed by atoms with Gasteiger partial charge in [0.15, 0.2) is 0 Å². The molecule has 0 aromatic heterocycles. The highest BCUT2D eigenvalue weighted by Gasteiger charge is 2.35. The molecule has 98 valence electrons. The van der Waals surface area contributed by atoms with E-state index in [2.05, 4.69) is 6.58 Å². The fraction of sp³-hybridized carbons (Fsp3) is 0.833. The van der Waals surface area contributed by atoms with Crippen molar-refractivity contribution in [1.29, 1.82) is 0 Å². The molecule has 17 heavy (non-hydrogen) atoms. The quantitative estimate of drug-likeness (QED) is 0.688. The summed E-state index contributed by atoms with van der Waals surface area (Å²) >= 11 is 0. The highest BCUT2D eigenvalue weighted by atomic mass is 19.4. The molecule has 2 aliphatic rings. The number of hydrogen-bond acceptors (Lipinski definition) is 1. The lowest BCUT2D eigenvalue weighted by Crippen LogP contribution is -2.48. The normalized spacial score (nSPS) is 31.0. The molecular formula is C12H20BF3N-. The van der Waals surface area contributed by atoms with Crippen LogP contribution >= 0.6 is 0 Å². The SMILES string of the molecule is C=C(CN1CCCC2CCCCC21)[B-](F)(F)F. The molecule has 0 aromatic rings. The Morgan fingerprint density at radius 1 is 1.12 bits per heavy atom. The zero-order valence-electron chi connectivity index (χ0n) is 10.2. The molecule has 1 saturated carbocycles. The first-order valence-corrected chi connectivity index (χ1v) is 6.60. The zero-order valence-corrected chi connectivity index (χ0v) is 10.2. The Hall–Kier alpha value is -0.445. The number of halogens is 3. The predicted molar refractivity (Wildman–Crippen MR) is 64.8 cm³/mol. The second-order valence-electron chi connectivity index (χ2n) is 5.46. The summed E-state index contributed by atoms with van der Waals surface area (Å²) in [6, 6.07) is 0.382. The highest BCUT2D eigenvalue weighted by Crippen LogP contribution is 2.36. The number of rotatable bonds is 3. The molecule has 2 atom stereocenters. The van der Waals surface area contributed by atoms with Gasteiger partial charge in [-0.25, -0.2) is 0 Å². The molecule has 1 aliphatic carbocycles. The van der Waals surface area contributed by atoms with E-state index in [1.165, 1.54) is 25.7 Å². The van der Waals surface area contributed by atoms with Gasteiger partial charge in [-0.3, -0.25) is 4.90 Å². The third-order valence-electron chi connectivity index (χ3n) is 4.23. The van der Waals surface area contributed by atoms with Gasteiger partial charge in [0.2, 0.25) is 0 Å². The third kappa shape index (κ3) is 3.06. The molecule has 1 saturated heterocycles. The third-order valence-corrected chi connectivity index (χ3v) is 4.23. The minimum atomic E-state index is -4.87. The van der Waals surface area contributed by atoms with Gasteiger partial charge in [0.25, 0.3) is 0 Å². The molecule has 2 fully saturated rings. The van der Waals surface area contributed by atoms with Crippen LogP contribution in [0.2, 0.25) is 0 Å². The van der Waals surface area contributed by atoms with Gasteiger partial charge in [0, 0.05) is 6.04 Å². The molecule has 1 heterocycles. The molecular weight excluding hydrogens is 226 g/mol. The Morgan fingerprint density at radius 3 is 2.47 bits per heavy atom. The Labute approximate surface area is 101 Å². The summed E-state index contributed by atoms with van der Waals surface area (Å²) in [5.74, 6) is 0.631. The van der Waals surface area contributed by atoms with Crippen molar-refractivity contribution in [2.24, 2.45) is 5.92 Å². The maximum Gasteiger partial charge on any atom is 0.506 e. The lowest BCUT2D eigenvalue weighted by Gasteiger charge is -2.45. The second-order valence-corrected chi connectivity index (χ2v) is 5.46. The fourth-order valence-electron chi connectivity index (χ4n) is 3.29. The van der Waals surface area contributed by atoms with E-state index in [0.717, 1.165) is 19.4 Å². The predicted octanol–water partition coefficient (Wildman–Crippen LogP) is 3.58.